The summed E-state index contributed by atoms with van der Waals surface area (Å²) < 4.78 is 0. The molecule has 5 heteroatoms. The SMILES string of the molecule is CCCCCCCC/C=C\CCCCCCCCNC(=O)CC(CN(C)C)C(=O)NCCCCCCCC/C=C\CCCCCCCC. The Bertz CT molecular complexity index is 748. The van der Waals surface area contributed by atoms with Crippen LogP contribution in [-0.4, -0.2) is 50.4 Å². The Hall–Kier alpha value is -1.62. The quantitative estimate of drug-likeness (QED) is 0.0509. The molecule has 0 radical (unpaired) electrons. The van der Waals surface area contributed by atoms with E-state index >= 15 is 0 Å². The van der Waals surface area contributed by atoms with E-state index in [1.54, 1.807) is 0 Å². The minimum atomic E-state index is -0.297. The Kier molecular flexibility index (Phi) is 36.9. The maximum atomic E-state index is 12.9. The number of rotatable bonds is 37. The van der Waals surface area contributed by atoms with E-state index in [4.69, 9.17) is 0 Å². The van der Waals surface area contributed by atoms with E-state index in [2.05, 4.69) is 48.8 Å². The molecule has 2 amide bonds. The van der Waals surface area contributed by atoms with Crippen molar-refractivity contribution in [3.05, 3.63) is 24.3 Å². The predicted octanol–water partition coefficient (Wildman–Crippen LogP) is 11.9. The van der Waals surface area contributed by atoms with Crippen LogP contribution in [0.1, 0.15) is 200 Å². The average molecular weight is 674 g/mol. The highest BCUT2D eigenvalue weighted by Gasteiger charge is 2.22. The van der Waals surface area contributed by atoms with E-state index in [-0.39, 0.29) is 24.2 Å². The number of amides is 2. The molecule has 1 unspecified atom stereocenters. The van der Waals surface area contributed by atoms with Crippen molar-refractivity contribution in [2.45, 2.75) is 200 Å². The third kappa shape index (κ3) is 35.7. The van der Waals surface area contributed by atoms with E-state index in [1.807, 2.05) is 19.0 Å². The van der Waals surface area contributed by atoms with E-state index in [0.717, 1.165) is 25.7 Å². The molecule has 2 N–H and O–H groups in total. The highest BCUT2D eigenvalue weighted by Crippen LogP contribution is 2.12. The number of nitrogens with zero attached hydrogens (tertiary/aromatic N) is 1. The van der Waals surface area contributed by atoms with Crippen molar-refractivity contribution in [2.24, 2.45) is 5.92 Å². The second-order valence-electron chi connectivity index (χ2n) is 14.7. The first-order chi connectivity index (χ1) is 23.5. The molecule has 0 aromatic rings. The first-order valence-electron chi connectivity index (χ1n) is 21.0. The second-order valence-corrected chi connectivity index (χ2v) is 14.7. The van der Waals surface area contributed by atoms with Gasteiger partial charge in [-0.25, -0.2) is 0 Å². The van der Waals surface area contributed by atoms with Crippen LogP contribution in [0.5, 0.6) is 0 Å². The van der Waals surface area contributed by atoms with E-state index in [1.165, 1.54) is 154 Å². The molecule has 0 aliphatic rings. The lowest BCUT2D eigenvalue weighted by Gasteiger charge is -2.20. The number of unbranched alkanes of at least 4 members (excludes halogenated alkanes) is 24. The molecular weight excluding hydrogens is 590 g/mol. The summed E-state index contributed by atoms with van der Waals surface area (Å²) >= 11 is 0. The normalized spacial score (nSPS) is 12.4. The minimum Gasteiger partial charge on any atom is -0.356 e. The molecule has 0 saturated heterocycles. The molecule has 1 atom stereocenters. The Morgan fingerprint density at radius 1 is 0.479 bits per heavy atom. The van der Waals surface area contributed by atoms with Gasteiger partial charge in [-0.2, -0.15) is 0 Å². The van der Waals surface area contributed by atoms with Crippen LogP contribution in [0, 0.1) is 5.92 Å². The van der Waals surface area contributed by atoms with Gasteiger partial charge in [-0.1, -0.05) is 154 Å². The second kappa shape index (κ2) is 38.2. The van der Waals surface area contributed by atoms with Gasteiger partial charge in [0.05, 0.1) is 5.92 Å². The number of carbonyl (C=O) groups excluding carboxylic acids is 2. The summed E-state index contributed by atoms with van der Waals surface area (Å²) in [6.07, 6.45) is 45.8. The maximum Gasteiger partial charge on any atom is 0.224 e. The lowest BCUT2D eigenvalue weighted by molar-refractivity contribution is -0.130. The van der Waals surface area contributed by atoms with Crippen molar-refractivity contribution in [2.75, 3.05) is 33.7 Å². The number of carbonyl (C=O) groups is 2. The Labute approximate surface area is 300 Å². The molecule has 48 heavy (non-hydrogen) atoms. The fourth-order valence-corrected chi connectivity index (χ4v) is 6.31. The van der Waals surface area contributed by atoms with Gasteiger partial charge in [0.15, 0.2) is 0 Å². The standard InChI is InChI=1S/C43H83N3O2/c1-5-7-9-11-13-15-17-19-21-23-25-27-29-31-33-35-37-44-42(47)39-41(40-46(3)4)43(48)45-38-36-34-32-30-28-26-24-22-20-18-16-14-12-10-8-6-2/h19-22,41H,5-18,23-40H2,1-4H3,(H,44,47)(H,45,48)/b21-19-,22-20-. The zero-order chi connectivity index (χ0) is 35.2. The molecule has 282 valence electrons. The Balaban J connectivity index is 3.76. The monoisotopic (exact) mass is 674 g/mol. The van der Waals surface area contributed by atoms with Gasteiger partial charge in [0, 0.05) is 26.1 Å². The highest BCUT2D eigenvalue weighted by molar-refractivity contribution is 5.85. The molecule has 0 fully saturated rings. The third-order valence-electron chi connectivity index (χ3n) is 9.39. The number of allylic oxidation sites excluding steroid dienone is 4. The van der Waals surface area contributed by atoms with Gasteiger partial charge in [0.1, 0.15) is 0 Å². The van der Waals surface area contributed by atoms with Crippen molar-refractivity contribution < 1.29 is 9.59 Å². The van der Waals surface area contributed by atoms with Gasteiger partial charge in [0.2, 0.25) is 11.8 Å². The van der Waals surface area contributed by atoms with E-state index in [0.29, 0.717) is 19.6 Å². The summed E-state index contributed by atoms with van der Waals surface area (Å²) in [6, 6.07) is 0. The zero-order valence-electron chi connectivity index (χ0n) is 32.8. The first-order valence-corrected chi connectivity index (χ1v) is 21.0. The van der Waals surface area contributed by atoms with Crippen LogP contribution in [-0.2, 0) is 9.59 Å². The average Bonchev–Trinajstić information content (AvgIpc) is 3.07. The van der Waals surface area contributed by atoms with Crippen LogP contribution in [0.3, 0.4) is 0 Å². The lowest BCUT2D eigenvalue weighted by Crippen LogP contribution is -2.40. The molecule has 0 aliphatic carbocycles. The highest BCUT2D eigenvalue weighted by atomic mass is 16.2. The lowest BCUT2D eigenvalue weighted by atomic mass is 10.0. The first kappa shape index (κ1) is 46.4. The summed E-state index contributed by atoms with van der Waals surface area (Å²) in [4.78, 5) is 27.5. The summed E-state index contributed by atoms with van der Waals surface area (Å²) in [5, 5.41) is 6.18. The van der Waals surface area contributed by atoms with Crippen LogP contribution in [0.2, 0.25) is 0 Å². The van der Waals surface area contributed by atoms with Crippen LogP contribution in [0.15, 0.2) is 24.3 Å². The van der Waals surface area contributed by atoms with Crippen LogP contribution >= 0.6 is 0 Å². The van der Waals surface area contributed by atoms with E-state index in [9.17, 15) is 9.59 Å². The van der Waals surface area contributed by atoms with Crippen molar-refractivity contribution >= 4 is 11.8 Å². The fraction of sp³-hybridized carbons (Fsp3) is 0.860. The molecule has 0 aromatic carbocycles. The number of nitrogens with one attached hydrogen (secondary N) is 2. The van der Waals surface area contributed by atoms with Crippen molar-refractivity contribution in [1.82, 2.24) is 15.5 Å². The smallest absolute Gasteiger partial charge is 0.224 e. The third-order valence-corrected chi connectivity index (χ3v) is 9.39. The summed E-state index contributed by atoms with van der Waals surface area (Å²) in [6.45, 7) is 6.57. The minimum absolute atomic E-state index is 0.00185. The summed E-state index contributed by atoms with van der Waals surface area (Å²) in [7, 11) is 3.94. The molecule has 0 aliphatic heterocycles. The molecule has 0 heterocycles. The number of hydrogen-bond donors (Lipinski definition) is 2. The molecule has 5 nitrogen and oxygen atoms in total. The van der Waals surface area contributed by atoms with Crippen molar-refractivity contribution in [3.63, 3.8) is 0 Å². The van der Waals surface area contributed by atoms with Gasteiger partial charge in [-0.3, -0.25) is 9.59 Å². The summed E-state index contributed by atoms with van der Waals surface area (Å²) in [5.74, 6) is -0.278. The van der Waals surface area contributed by atoms with Gasteiger partial charge in [-0.15, -0.1) is 0 Å². The molecule has 0 bridgehead atoms. The van der Waals surface area contributed by atoms with Gasteiger partial charge >= 0.3 is 0 Å². The van der Waals surface area contributed by atoms with Crippen LogP contribution < -0.4 is 10.6 Å². The maximum absolute atomic E-state index is 12.9. The summed E-state index contributed by atoms with van der Waals surface area (Å²) in [5.41, 5.74) is 0. The largest absolute Gasteiger partial charge is 0.356 e. The predicted molar refractivity (Wildman–Crippen MR) is 212 cm³/mol. The van der Waals surface area contributed by atoms with Crippen molar-refractivity contribution in [1.29, 1.82) is 0 Å². The molecule has 0 saturated carbocycles. The van der Waals surface area contributed by atoms with Gasteiger partial charge in [-0.05, 0) is 78.3 Å². The molecule has 0 spiro atoms. The van der Waals surface area contributed by atoms with Crippen LogP contribution in [0.4, 0.5) is 0 Å². The number of hydrogen-bond acceptors (Lipinski definition) is 3. The van der Waals surface area contributed by atoms with Crippen LogP contribution in [0.25, 0.3) is 0 Å². The zero-order valence-corrected chi connectivity index (χ0v) is 32.8. The Morgan fingerprint density at radius 2 is 0.812 bits per heavy atom. The molecule has 0 aromatic heterocycles. The van der Waals surface area contributed by atoms with Gasteiger partial charge < -0.3 is 15.5 Å². The molecular formula is C43H83N3O2. The van der Waals surface area contributed by atoms with Gasteiger partial charge in [0.25, 0.3) is 0 Å². The molecule has 0 rings (SSSR count). The van der Waals surface area contributed by atoms with Crippen molar-refractivity contribution in [3.8, 4) is 0 Å². The topological polar surface area (TPSA) is 61.4 Å². The fourth-order valence-electron chi connectivity index (χ4n) is 6.31. The Morgan fingerprint density at radius 3 is 1.19 bits per heavy atom. The van der Waals surface area contributed by atoms with E-state index < -0.39 is 0 Å².